The minimum absolute atomic E-state index is 0.264. The molecule has 0 radical (unpaired) electrons. The number of anilines is 1. The molecule has 1 aliphatic rings. The average Bonchev–Trinajstić information content (AvgIpc) is 2.46. The molecule has 1 unspecified atom stereocenters. The third-order valence-electron chi connectivity index (χ3n) is 4.05. The first-order chi connectivity index (χ1) is 9.65. The van der Waals surface area contributed by atoms with E-state index < -0.39 is 0 Å². The molecule has 1 saturated heterocycles. The van der Waals surface area contributed by atoms with E-state index >= 15 is 0 Å². The van der Waals surface area contributed by atoms with Crippen molar-refractivity contribution >= 4 is 44.3 Å². The van der Waals surface area contributed by atoms with Gasteiger partial charge in [0.15, 0.2) is 0 Å². The summed E-state index contributed by atoms with van der Waals surface area (Å²) in [4.78, 5) is 11.3. The summed E-state index contributed by atoms with van der Waals surface area (Å²) in [7, 11) is 0. The predicted molar refractivity (Wildman–Crippen MR) is 87.5 cm³/mol. The zero-order chi connectivity index (χ0) is 14.1. The van der Waals surface area contributed by atoms with Crippen LogP contribution in [0.3, 0.4) is 0 Å². The number of pyridine rings is 2. The minimum atomic E-state index is 0.264. The number of hydrogen-bond donors (Lipinski definition) is 0. The molecule has 0 aliphatic carbocycles. The first-order valence-corrected chi connectivity index (χ1v) is 8.17. The van der Waals surface area contributed by atoms with E-state index in [0.717, 1.165) is 41.4 Å². The molecule has 3 nitrogen and oxygen atoms in total. The minimum Gasteiger partial charge on any atom is -0.370 e. The van der Waals surface area contributed by atoms with Crippen LogP contribution in [0.5, 0.6) is 0 Å². The third-order valence-corrected chi connectivity index (χ3v) is 4.84. The Labute approximate surface area is 132 Å². The lowest BCUT2D eigenvalue weighted by molar-refractivity contribution is 0.400. The zero-order valence-corrected chi connectivity index (χ0v) is 13.7. The smallest absolute Gasteiger partial charge is 0.112 e. The summed E-state index contributed by atoms with van der Waals surface area (Å²) >= 11 is 9.66. The van der Waals surface area contributed by atoms with Crippen LogP contribution in [0.1, 0.15) is 19.8 Å². The third kappa shape index (κ3) is 2.77. The van der Waals surface area contributed by atoms with Crippen LogP contribution in [-0.2, 0) is 0 Å². The Bertz CT molecular complexity index is 609. The van der Waals surface area contributed by atoms with Crippen LogP contribution in [0, 0.1) is 5.92 Å². The van der Waals surface area contributed by atoms with Crippen molar-refractivity contribution in [2.24, 2.45) is 5.92 Å². The molecule has 2 aromatic heterocycles. The molecule has 20 heavy (non-hydrogen) atoms. The number of nitrogens with zero attached hydrogens (tertiary/aromatic N) is 3. The van der Waals surface area contributed by atoms with Crippen molar-refractivity contribution in [1.82, 2.24) is 9.97 Å². The summed E-state index contributed by atoms with van der Waals surface area (Å²) in [6.07, 6.45) is 5.99. The molecule has 106 valence electrons. The number of aromatic nitrogens is 2. The Hall–Kier alpha value is -0.870. The Morgan fingerprint density at radius 3 is 2.80 bits per heavy atom. The summed E-state index contributed by atoms with van der Waals surface area (Å²) < 4.78 is 0.962. The van der Waals surface area contributed by atoms with Gasteiger partial charge in [0, 0.05) is 35.3 Å². The average molecular weight is 355 g/mol. The van der Waals surface area contributed by atoms with Gasteiger partial charge in [-0.1, -0.05) is 0 Å². The van der Waals surface area contributed by atoms with Crippen molar-refractivity contribution in [3.05, 3.63) is 29.0 Å². The highest BCUT2D eigenvalue weighted by molar-refractivity contribution is 9.10. The Morgan fingerprint density at radius 2 is 2.10 bits per heavy atom. The Kier molecular flexibility index (Phi) is 4.13. The number of piperidine rings is 1. The standard InChI is InChI=1S/C15H17BrClN3/c1-10(17)11-3-6-20(7-4-11)14-2-5-18-13-8-12(16)9-19-15(13)14/h2,5,8-11H,3-4,6-7H2,1H3. The van der Waals surface area contributed by atoms with Gasteiger partial charge in [-0.15, -0.1) is 11.6 Å². The van der Waals surface area contributed by atoms with Crippen molar-refractivity contribution in [1.29, 1.82) is 0 Å². The summed E-state index contributed by atoms with van der Waals surface area (Å²) in [5.74, 6) is 0.628. The second-order valence-electron chi connectivity index (χ2n) is 5.35. The van der Waals surface area contributed by atoms with Crippen molar-refractivity contribution < 1.29 is 0 Å². The van der Waals surface area contributed by atoms with E-state index in [1.165, 1.54) is 5.69 Å². The van der Waals surface area contributed by atoms with E-state index in [1.54, 1.807) is 0 Å². The molecule has 3 heterocycles. The summed E-state index contributed by atoms with van der Waals surface area (Å²) in [5, 5.41) is 0.264. The van der Waals surface area contributed by atoms with Crippen molar-refractivity contribution in [2.45, 2.75) is 25.1 Å². The largest absolute Gasteiger partial charge is 0.370 e. The molecule has 0 N–H and O–H groups in total. The van der Waals surface area contributed by atoms with E-state index in [4.69, 9.17) is 11.6 Å². The topological polar surface area (TPSA) is 29.0 Å². The van der Waals surface area contributed by atoms with Gasteiger partial charge in [-0.2, -0.15) is 0 Å². The van der Waals surface area contributed by atoms with Gasteiger partial charge in [-0.05, 0) is 53.7 Å². The molecule has 0 saturated carbocycles. The quantitative estimate of drug-likeness (QED) is 0.756. The van der Waals surface area contributed by atoms with Crippen molar-refractivity contribution in [2.75, 3.05) is 18.0 Å². The fraction of sp³-hybridized carbons (Fsp3) is 0.467. The lowest BCUT2D eigenvalue weighted by Gasteiger charge is -2.34. The van der Waals surface area contributed by atoms with E-state index in [-0.39, 0.29) is 5.38 Å². The maximum Gasteiger partial charge on any atom is 0.112 e. The highest BCUT2D eigenvalue weighted by Crippen LogP contribution is 2.30. The van der Waals surface area contributed by atoms with Gasteiger partial charge in [0.25, 0.3) is 0 Å². The molecule has 0 aromatic carbocycles. The van der Waals surface area contributed by atoms with Crippen LogP contribution < -0.4 is 4.90 Å². The van der Waals surface area contributed by atoms with Crippen LogP contribution in [0.15, 0.2) is 29.0 Å². The van der Waals surface area contributed by atoms with Crippen LogP contribution in [0.25, 0.3) is 11.0 Å². The first kappa shape index (κ1) is 14.1. The highest BCUT2D eigenvalue weighted by Gasteiger charge is 2.24. The zero-order valence-electron chi connectivity index (χ0n) is 11.4. The van der Waals surface area contributed by atoms with Gasteiger partial charge < -0.3 is 4.90 Å². The molecular weight excluding hydrogens is 338 g/mol. The van der Waals surface area contributed by atoms with Crippen LogP contribution >= 0.6 is 27.5 Å². The molecule has 1 fully saturated rings. The molecule has 1 aliphatic heterocycles. The maximum absolute atomic E-state index is 6.22. The van der Waals surface area contributed by atoms with E-state index in [1.807, 2.05) is 18.5 Å². The lowest BCUT2D eigenvalue weighted by atomic mass is 9.93. The number of alkyl halides is 1. The monoisotopic (exact) mass is 353 g/mol. The van der Waals surface area contributed by atoms with Gasteiger partial charge >= 0.3 is 0 Å². The summed E-state index contributed by atoms with van der Waals surface area (Å²) in [6, 6.07) is 4.08. The van der Waals surface area contributed by atoms with Crippen molar-refractivity contribution in [3.63, 3.8) is 0 Å². The van der Waals surface area contributed by atoms with Crippen molar-refractivity contribution in [3.8, 4) is 0 Å². The highest BCUT2D eigenvalue weighted by atomic mass is 79.9. The number of fused-ring (bicyclic) bond motifs is 1. The lowest BCUT2D eigenvalue weighted by Crippen LogP contribution is -2.36. The SMILES string of the molecule is CC(Cl)C1CCN(c2ccnc3cc(Br)cnc23)CC1. The molecule has 0 bridgehead atoms. The molecule has 1 atom stereocenters. The van der Waals surface area contributed by atoms with Gasteiger partial charge in [0.1, 0.15) is 5.52 Å². The molecule has 0 spiro atoms. The van der Waals surface area contributed by atoms with E-state index in [0.29, 0.717) is 5.92 Å². The predicted octanol–water partition coefficient (Wildman–Crippen LogP) is 4.24. The van der Waals surface area contributed by atoms with E-state index in [9.17, 15) is 0 Å². The van der Waals surface area contributed by atoms with Gasteiger partial charge in [-0.25, -0.2) is 0 Å². The normalized spacial score (nSPS) is 18.4. The number of rotatable bonds is 2. The van der Waals surface area contributed by atoms with Crippen LogP contribution in [0.2, 0.25) is 0 Å². The fourth-order valence-corrected chi connectivity index (χ4v) is 3.42. The molecule has 3 rings (SSSR count). The molecule has 5 heteroatoms. The molecule has 2 aromatic rings. The van der Waals surface area contributed by atoms with Gasteiger partial charge in [-0.3, -0.25) is 9.97 Å². The second kappa shape index (κ2) is 5.86. The van der Waals surface area contributed by atoms with Crippen LogP contribution in [-0.4, -0.2) is 28.4 Å². The maximum atomic E-state index is 6.22. The van der Waals surface area contributed by atoms with Gasteiger partial charge in [0.05, 0.1) is 11.2 Å². The fourth-order valence-electron chi connectivity index (χ4n) is 2.85. The van der Waals surface area contributed by atoms with Gasteiger partial charge in [0.2, 0.25) is 0 Å². The second-order valence-corrected chi connectivity index (χ2v) is 6.96. The van der Waals surface area contributed by atoms with Crippen LogP contribution in [0.4, 0.5) is 5.69 Å². The van der Waals surface area contributed by atoms with E-state index in [2.05, 4.69) is 43.8 Å². The first-order valence-electron chi connectivity index (χ1n) is 6.94. The Morgan fingerprint density at radius 1 is 1.35 bits per heavy atom. The number of hydrogen-bond acceptors (Lipinski definition) is 3. The Balaban J connectivity index is 1.88. The summed E-state index contributed by atoms with van der Waals surface area (Å²) in [5.41, 5.74) is 3.10. The molecule has 0 amide bonds. The summed E-state index contributed by atoms with van der Waals surface area (Å²) in [6.45, 7) is 4.18. The number of halogens is 2. The molecular formula is C15H17BrClN3.